The first-order valence-electron chi connectivity index (χ1n) is 14.4. The van der Waals surface area contributed by atoms with Crippen molar-refractivity contribution in [3.8, 4) is 33.8 Å². The highest BCUT2D eigenvalue weighted by atomic mass is 16.6. The van der Waals surface area contributed by atoms with Gasteiger partial charge in [0, 0.05) is 0 Å². The van der Waals surface area contributed by atoms with E-state index in [-0.39, 0.29) is 37.6 Å². The number of unbranched alkanes of at least 4 members (excludes halogenated alkanes) is 2. The van der Waals surface area contributed by atoms with Crippen LogP contribution in [-0.4, -0.2) is 61.8 Å². The van der Waals surface area contributed by atoms with Crippen LogP contribution in [0.1, 0.15) is 31.7 Å². The summed E-state index contributed by atoms with van der Waals surface area (Å²) >= 11 is 0. The smallest absolute Gasteiger partial charge is 0.335 e. The Hall–Kier alpha value is -4.40. The van der Waals surface area contributed by atoms with Gasteiger partial charge in [-0.05, 0) is 52.8 Å². The van der Waals surface area contributed by atoms with Crippen LogP contribution in [0.3, 0.4) is 0 Å². The number of ether oxygens (including phenoxy) is 4. The topological polar surface area (TPSA) is 112 Å². The highest BCUT2D eigenvalue weighted by Crippen LogP contribution is 2.34. The minimum absolute atomic E-state index is 0.0307. The monoisotopic (exact) mass is 588 g/mol. The average molecular weight is 589 g/mol. The summed E-state index contributed by atoms with van der Waals surface area (Å²) in [5.41, 5.74) is 5.39. The van der Waals surface area contributed by atoms with E-state index >= 15 is 0 Å². The first-order valence-corrected chi connectivity index (χ1v) is 14.4. The summed E-state index contributed by atoms with van der Waals surface area (Å²) in [4.78, 5) is 23.5. The number of benzene rings is 3. The van der Waals surface area contributed by atoms with Crippen LogP contribution < -0.4 is 9.47 Å². The lowest BCUT2D eigenvalue weighted by Crippen LogP contribution is -2.16. The van der Waals surface area contributed by atoms with Crippen molar-refractivity contribution in [1.82, 2.24) is 0 Å². The van der Waals surface area contributed by atoms with Crippen molar-refractivity contribution in [2.45, 2.75) is 32.6 Å². The molecule has 2 N–H and O–H groups in total. The van der Waals surface area contributed by atoms with Crippen LogP contribution in [0.25, 0.3) is 22.3 Å². The quantitative estimate of drug-likeness (QED) is 0.111. The molecule has 0 saturated carbocycles. The number of hydrogen-bond donors (Lipinski definition) is 2. The molecular formula is C35H40O8. The predicted octanol–water partition coefficient (Wildman–Crippen LogP) is 5.69. The third-order valence-electron chi connectivity index (χ3n) is 6.63. The van der Waals surface area contributed by atoms with Gasteiger partial charge in [0.05, 0.1) is 24.4 Å². The van der Waals surface area contributed by atoms with Crippen molar-refractivity contribution >= 4 is 11.9 Å². The molecule has 0 heterocycles. The fraction of sp³-hybridized carbons (Fsp3) is 0.314. The van der Waals surface area contributed by atoms with Gasteiger partial charge in [-0.3, -0.25) is 0 Å². The zero-order valence-electron chi connectivity index (χ0n) is 24.7. The molecule has 0 bridgehead atoms. The summed E-state index contributed by atoms with van der Waals surface area (Å²) in [6.07, 6.45) is 4.76. The molecular weight excluding hydrogens is 548 g/mol. The molecule has 0 spiro atoms. The lowest BCUT2D eigenvalue weighted by atomic mass is 9.98. The maximum Gasteiger partial charge on any atom is 0.335 e. The fourth-order valence-electron chi connectivity index (χ4n) is 4.12. The number of aryl methyl sites for hydroxylation is 1. The molecule has 0 unspecified atom stereocenters. The van der Waals surface area contributed by atoms with Crippen LogP contribution in [0.15, 0.2) is 91.0 Å². The maximum atomic E-state index is 11.8. The lowest BCUT2D eigenvalue weighted by molar-refractivity contribution is -0.141. The normalized spacial score (nSPS) is 10.6. The molecule has 228 valence electrons. The van der Waals surface area contributed by atoms with Gasteiger partial charge < -0.3 is 29.2 Å². The molecule has 43 heavy (non-hydrogen) atoms. The molecule has 3 aromatic carbocycles. The van der Waals surface area contributed by atoms with Gasteiger partial charge in [0.2, 0.25) is 0 Å². The van der Waals surface area contributed by atoms with Crippen molar-refractivity contribution in [2.24, 2.45) is 0 Å². The summed E-state index contributed by atoms with van der Waals surface area (Å²) in [7, 11) is 0. The Kier molecular flexibility index (Phi) is 13.5. The Labute approximate surface area is 253 Å². The molecule has 0 aliphatic rings. The van der Waals surface area contributed by atoms with Gasteiger partial charge >= 0.3 is 11.9 Å². The SMILES string of the molecule is C=C(CO)C(=O)OCCOc1ccc(-c2ccc(-c3ccc(CCCCC)cc3)cc2)cc1OCCOC(=O)C(=C)CO. The van der Waals surface area contributed by atoms with Gasteiger partial charge in [-0.2, -0.15) is 0 Å². The lowest BCUT2D eigenvalue weighted by Gasteiger charge is -2.15. The van der Waals surface area contributed by atoms with E-state index in [1.54, 1.807) is 6.07 Å². The molecule has 0 fully saturated rings. The van der Waals surface area contributed by atoms with E-state index in [2.05, 4.69) is 56.5 Å². The third kappa shape index (κ3) is 10.4. The molecule has 0 saturated heterocycles. The van der Waals surface area contributed by atoms with Crippen LogP contribution in [0.2, 0.25) is 0 Å². The Morgan fingerprint density at radius 2 is 1.09 bits per heavy atom. The Bertz CT molecular complexity index is 1360. The number of esters is 2. The summed E-state index contributed by atoms with van der Waals surface area (Å²) < 4.78 is 21.8. The summed E-state index contributed by atoms with van der Waals surface area (Å²) in [6.45, 7) is 8.07. The second-order valence-corrected chi connectivity index (χ2v) is 9.88. The van der Waals surface area contributed by atoms with E-state index in [9.17, 15) is 9.59 Å². The van der Waals surface area contributed by atoms with Gasteiger partial charge in [-0.25, -0.2) is 9.59 Å². The minimum Gasteiger partial charge on any atom is -0.486 e. The van der Waals surface area contributed by atoms with Gasteiger partial charge in [0.1, 0.15) is 26.4 Å². The molecule has 0 aliphatic heterocycles. The zero-order valence-corrected chi connectivity index (χ0v) is 24.7. The Balaban J connectivity index is 1.70. The standard InChI is InChI=1S/C35H40O8/c1-4-5-6-7-27-8-10-28(11-9-27)29-12-14-30(15-13-29)31-16-17-32(40-18-20-42-34(38)25(2)23-36)33(22-31)41-19-21-43-35(39)26(3)24-37/h8-17,22,36-37H,2-7,18-21,23-24H2,1H3. The van der Waals surface area contributed by atoms with Crippen molar-refractivity contribution in [1.29, 1.82) is 0 Å². The number of aliphatic hydroxyl groups excluding tert-OH is 2. The Morgan fingerprint density at radius 3 is 1.60 bits per heavy atom. The molecule has 0 radical (unpaired) electrons. The fourth-order valence-corrected chi connectivity index (χ4v) is 4.12. The average Bonchev–Trinajstić information content (AvgIpc) is 3.04. The first kappa shape index (κ1) is 33.1. The molecule has 8 heteroatoms. The second-order valence-electron chi connectivity index (χ2n) is 9.88. The zero-order chi connectivity index (χ0) is 31.0. The molecule has 0 atom stereocenters. The molecule has 0 amide bonds. The van der Waals surface area contributed by atoms with E-state index in [1.165, 1.54) is 24.8 Å². The predicted molar refractivity (Wildman–Crippen MR) is 166 cm³/mol. The number of aliphatic hydroxyl groups is 2. The molecule has 0 aromatic heterocycles. The summed E-state index contributed by atoms with van der Waals surface area (Å²) in [5, 5.41) is 18.0. The number of rotatable bonds is 18. The number of hydrogen-bond acceptors (Lipinski definition) is 8. The minimum atomic E-state index is -0.700. The second kappa shape index (κ2) is 17.5. The Morgan fingerprint density at radius 1 is 0.628 bits per heavy atom. The van der Waals surface area contributed by atoms with Gasteiger partial charge in [0.25, 0.3) is 0 Å². The third-order valence-corrected chi connectivity index (χ3v) is 6.63. The highest BCUT2D eigenvalue weighted by Gasteiger charge is 2.12. The molecule has 0 aliphatic carbocycles. The first-order chi connectivity index (χ1) is 20.9. The number of carbonyl (C=O) groups is 2. The van der Waals surface area contributed by atoms with Crippen molar-refractivity contribution in [3.63, 3.8) is 0 Å². The molecule has 3 rings (SSSR count). The molecule has 3 aromatic rings. The highest BCUT2D eigenvalue weighted by molar-refractivity contribution is 5.88. The van der Waals surface area contributed by atoms with E-state index < -0.39 is 25.2 Å². The van der Waals surface area contributed by atoms with E-state index in [4.69, 9.17) is 29.2 Å². The maximum absolute atomic E-state index is 11.8. The summed E-state index contributed by atoms with van der Waals surface area (Å²) in [5.74, 6) is -0.588. The van der Waals surface area contributed by atoms with Crippen LogP contribution in [0.5, 0.6) is 11.5 Å². The van der Waals surface area contributed by atoms with Crippen LogP contribution in [-0.2, 0) is 25.5 Å². The van der Waals surface area contributed by atoms with Crippen LogP contribution >= 0.6 is 0 Å². The van der Waals surface area contributed by atoms with E-state index in [1.807, 2.05) is 24.3 Å². The van der Waals surface area contributed by atoms with E-state index in [0.29, 0.717) is 11.5 Å². The van der Waals surface area contributed by atoms with Gasteiger partial charge in [-0.15, -0.1) is 0 Å². The largest absolute Gasteiger partial charge is 0.486 e. The number of carbonyl (C=O) groups excluding carboxylic acids is 2. The van der Waals surface area contributed by atoms with Gasteiger partial charge in [0.15, 0.2) is 11.5 Å². The molecule has 8 nitrogen and oxygen atoms in total. The van der Waals surface area contributed by atoms with Crippen LogP contribution in [0.4, 0.5) is 0 Å². The van der Waals surface area contributed by atoms with Crippen molar-refractivity contribution in [3.05, 3.63) is 96.6 Å². The summed E-state index contributed by atoms with van der Waals surface area (Å²) in [6, 6.07) is 22.4. The van der Waals surface area contributed by atoms with Gasteiger partial charge in [-0.1, -0.05) is 87.5 Å². The van der Waals surface area contributed by atoms with Crippen molar-refractivity contribution in [2.75, 3.05) is 39.6 Å². The van der Waals surface area contributed by atoms with Crippen molar-refractivity contribution < 1.29 is 38.7 Å². The van der Waals surface area contributed by atoms with E-state index in [0.717, 1.165) is 28.7 Å². The van der Waals surface area contributed by atoms with Crippen LogP contribution in [0, 0.1) is 0 Å².